The van der Waals surface area contributed by atoms with Gasteiger partial charge >= 0.3 is 6.85 Å². The Morgan fingerprint density at radius 2 is 0.853 bits per heavy atom. The number of furan rings is 1. The fourth-order valence-electron chi connectivity index (χ4n) is 12.0. The van der Waals surface area contributed by atoms with E-state index in [2.05, 4.69) is 235 Å². The summed E-state index contributed by atoms with van der Waals surface area (Å²) in [6, 6.07) is 63.8. The summed E-state index contributed by atoms with van der Waals surface area (Å²) in [6.07, 6.45) is 1.87. The highest BCUT2D eigenvalue weighted by Crippen LogP contribution is 2.51. The van der Waals surface area contributed by atoms with Crippen LogP contribution in [-0.2, 0) is 0 Å². The minimum atomic E-state index is -0.181. The third-order valence-electron chi connectivity index (χ3n) is 15.0. The highest BCUT2D eigenvalue weighted by Gasteiger charge is 2.46. The molecule has 0 aliphatic carbocycles. The van der Waals surface area contributed by atoms with Crippen LogP contribution in [0.25, 0.3) is 66.6 Å². The molecule has 0 radical (unpaired) electrons. The molecule has 0 amide bonds. The highest BCUT2D eigenvalue weighted by atomic mass is 16.3. The number of fused-ring (bicyclic) bond motifs is 6. The molecule has 3 heterocycles. The van der Waals surface area contributed by atoms with Gasteiger partial charge in [-0.3, -0.25) is 0 Å². The Hall–Kier alpha value is -7.82. The van der Waals surface area contributed by atoms with Crippen molar-refractivity contribution in [1.82, 2.24) is 0 Å². The second kappa shape index (κ2) is 15.9. The first-order chi connectivity index (χ1) is 33.0. The second-order valence-electron chi connectivity index (χ2n) is 19.3. The largest absolute Gasteiger partial charge is 0.464 e. The van der Waals surface area contributed by atoms with Crippen molar-refractivity contribution < 1.29 is 4.42 Å². The molecule has 0 fully saturated rings. The summed E-state index contributed by atoms with van der Waals surface area (Å²) < 4.78 is 6.66. The monoisotopic (exact) mass is 876 g/mol. The minimum absolute atomic E-state index is 0.181. The molecule has 0 atom stereocenters. The van der Waals surface area contributed by atoms with Gasteiger partial charge in [0.25, 0.3) is 0 Å². The van der Waals surface area contributed by atoms with E-state index in [1.807, 2.05) is 6.26 Å². The standard InChI is InChI=1S/C64H53BN2O/c1-38-14-9-15-39(2)58(38)46-24-28-51(29-25-46)67-55-31-27-48(60-42(5)18-11-19-43(60)6)35-53(55)62-63-57(37-50-32-33-68-64(50)62)66(52-23-13-22-47(34-52)59-40(3)16-10-17-41(59)4)56-36-49(26-30-54(56)65(63)67)61-44(7)20-12-21-45(61)8/h9-37H,1-8H3. The van der Waals surface area contributed by atoms with Gasteiger partial charge in [-0.2, -0.15) is 0 Å². The second-order valence-corrected chi connectivity index (χ2v) is 19.3. The van der Waals surface area contributed by atoms with Crippen molar-refractivity contribution >= 4 is 57.2 Å². The van der Waals surface area contributed by atoms with Crippen LogP contribution in [0.3, 0.4) is 0 Å². The zero-order valence-corrected chi connectivity index (χ0v) is 40.1. The van der Waals surface area contributed by atoms with Crippen LogP contribution in [0, 0.1) is 55.4 Å². The van der Waals surface area contributed by atoms with Crippen molar-refractivity contribution in [1.29, 1.82) is 0 Å². The first-order valence-electron chi connectivity index (χ1n) is 23.9. The molecule has 10 aromatic rings. The normalized spacial score (nSPS) is 12.6. The fraction of sp³-hybridized carbons (Fsp3) is 0.125. The molecule has 9 aromatic carbocycles. The van der Waals surface area contributed by atoms with Gasteiger partial charge in [-0.25, -0.2) is 0 Å². The molecular formula is C64H53BN2O. The Labute approximate surface area is 401 Å². The lowest BCUT2D eigenvalue weighted by molar-refractivity contribution is 0.617. The van der Waals surface area contributed by atoms with Crippen molar-refractivity contribution in [3.8, 4) is 55.6 Å². The van der Waals surface area contributed by atoms with Crippen LogP contribution >= 0.6 is 0 Å². The highest BCUT2D eigenvalue weighted by molar-refractivity contribution is 6.94. The van der Waals surface area contributed by atoms with Gasteiger partial charge in [-0.1, -0.05) is 115 Å². The Morgan fingerprint density at radius 1 is 0.368 bits per heavy atom. The summed E-state index contributed by atoms with van der Waals surface area (Å²) in [5.74, 6) is 0. The van der Waals surface area contributed by atoms with Crippen molar-refractivity contribution in [2.45, 2.75) is 55.4 Å². The van der Waals surface area contributed by atoms with Gasteiger partial charge in [0.05, 0.1) is 6.26 Å². The van der Waals surface area contributed by atoms with Gasteiger partial charge in [0, 0.05) is 45.0 Å². The molecule has 2 aliphatic heterocycles. The van der Waals surface area contributed by atoms with Crippen molar-refractivity contribution in [2.75, 3.05) is 9.71 Å². The molecule has 0 saturated heterocycles. The SMILES string of the molecule is Cc1cccc(C)c1-c1ccc(N2B3c4ccc(-c5c(C)cccc5C)cc4N(c4cccc(-c5c(C)cccc5C)c4)c4cc5ccoc5c(c43)-c3cc(-c4c(C)cccc4C)ccc32)cc1. The quantitative estimate of drug-likeness (QED) is 0.155. The number of rotatable bonds is 6. The molecule has 12 rings (SSSR count). The van der Waals surface area contributed by atoms with Gasteiger partial charge in [0.2, 0.25) is 0 Å². The van der Waals surface area contributed by atoms with Crippen LogP contribution in [0.5, 0.6) is 0 Å². The molecule has 68 heavy (non-hydrogen) atoms. The summed E-state index contributed by atoms with van der Waals surface area (Å²) in [6.45, 7) is 17.6. The fourth-order valence-corrected chi connectivity index (χ4v) is 12.0. The zero-order chi connectivity index (χ0) is 46.5. The predicted molar refractivity (Wildman–Crippen MR) is 290 cm³/mol. The van der Waals surface area contributed by atoms with Crippen molar-refractivity contribution in [3.63, 3.8) is 0 Å². The topological polar surface area (TPSA) is 19.6 Å². The molecule has 2 aliphatic rings. The average Bonchev–Trinajstić information content (AvgIpc) is 3.80. The van der Waals surface area contributed by atoms with Gasteiger partial charge in [-0.05, 0) is 210 Å². The van der Waals surface area contributed by atoms with E-state index in [4.69, 9.17) is 4.42 Å². The molecule has 0 spiro atoms. The molecule has 0 unspecified atom stereocenters. The third-order valence-corrected chi connectivity index (χ3v) is 15.0. The van der Waals surface area contributed by atoms with Crippen molar-refractivity contribution in [3.05, 3.63) is 221 Å². The summed E-state index contributed by atoms with van der Waals surface area (Å²) >= 11 is 0. The number of anilines is 5. The Kier molecular flexibility index (Phi) is 9.74. The maximum Gasteiger partial charge on any atom is 0.333 e. The van der Waals surface area contributed by atoms with Crippen LogP contribution in [-0.4, -0.2) is 6.85 Å². The Balaban J connectivity index is 1.18. The lowest BCUT2D eigenvalue weighted by Crippen LogP contribution is -2.61. The third kappa shape index (κ3) is 6.42. The number of hydrogen-bond acceptors (Lipinski definition) is 3. The Bertz CT molecular complexity index is 3610. The van der Waals surface area contributed by atoms with E-state index in [0.717, 1.165) is 44.8 Å². The van der Waals surface area contributed by atoms with E-state index in [0.29, 0.717) is 0 Å². The molecule has 1 aromatic heterocycles. The minimum Gasteiger partial charge on any atom is -0.464 e. The number of benzene rings is 9. The van der Waals surface area contributed by atoms with E-state index in [-0.39, 0.29) is 6.85 Å². The molecule has 0 N–H and O–H groups in total. The van der Waals surface area contributed by atoms with E-state index in [9.17, 15) is 0 Å². The summed E-state index contributed by atoms with van der Waals surface area (Å²) in [4.78, 5) is 5.16. The van der Waals surface area contributed by atoms with E-state index in [1.54, 1.807) is 0 Å². The first-order valence-corrected chi connectivity index (χ1v) is 23.9. The summed E-state index contributed by atoms with van der Waals surface area (Å²) in [7, 11) is 0. The lowest BCUT2D eigenvalue weighted by atomic mass is 9.43. The smallest absolute Gasteiger partial charge is 0.333 e. The van der Waals surface area contributed by atoms with Crippen LogP contribution in [0.4, 0.5) is 28.4 Å². The molecule has 0 bridgehead atoms. The van der Waals surface area contributed by atoms with Crippen molar-refractivity contribution in [2.24, 2.45) is 0 Å². The maximum absolute atomic E-state index is 6.66. The van der Waals surface area contributed by atoms with Crippen LogP contribution in [0.2, 0.25) is 0 Å². The van der Waals surface area contributed by atoms with E-state index in [1.165, 1.54) is 106 Å². The van der Waals surface area contributed by atoms with Gasteiger partial charge in [0.15, 0.2) is 0 Å². The van der Waals surface area contributed by atoms with Crippen LogP contribution in [0.1, 0.15) is 44.5 Å². The predicted octanol–water partition coefficient (Wildman–Crippen LogP) is 16.3. The van der Waals surface area contributed by atoms with Gasteiger partial charge in [0.1, 0.15) is 5.58 Å². The number of aryl methyl sites for hydroxylation is 8. The van der Waals surface area contributed by atoms with Crippen LogP contribution in [0.15, 0.2) is 181 Å². The van der Waals surface area contributed by atoms with Gasteiger partial charge in [-0.15, -0.1) is 0 Å². The molecule has 3 nitrogen and oxygen atoms in total. The summed E-state index contributed by atoms with van der Waals surface area (Å²) in [5.41, 5.74) is 31.6. The molecule has 0 saturated carbocycles. The zero-order valence-electron chi connectivity index (χ0n) is 40.1. The van der Waals surface area contributed by atoms with E-state index >= 15 is 0 Å². The lowest BCUT2D eigenvalue weighted by Gasteiger charge is -2.46. The number of hydrogen-bond donors (Lipinski definition) is 0. The molecular weight excluding hydrogens is 824 g/mol. The van der Waals surface area contributed by atoms with Crippen LogP contribution < -0.4 is 20.6 Å². The number of nitrogens with zero attached hydrogens (tertiary/aromatic N) is 2. The molecule has 328 valence electrons. The first kappa shape index (κ1) is 41.6. The maximum atomic E-state index is 6.66. The average molecular weight is 877 g/mol. The van der Waals surface area contributed by atoms with Gasteiger partial charge < -0.3 is 14.1 Å². The Morgan fingerprint density at radius 3 is 1.43 bits per heavy atom. The van der Waals surface area contributed by atoms with E-state index < -0.39 is 0 Å². The summed E-state index contributed by atoms with van der Waals surface area (Å²) in [5, 5.41) is 1.08. The molecule has 4 heteroatoms.